The number of unbranched alkanes of at least 4 members (excludes halogenated alkanes) is 2. The summed E-state index contributed by atoms with van der Waals surface area (Å²) in [6.45, 7) is 6.54. The minimum absolute atomic E-state index is 0.0120. The highest BCUT2D eigenvalue weighted by Gasteiger charge is 2.40. The average Bonchev–Trinajstić information content (AvgIpc) is 1.72. The molecule has 41 nitrogen and oxygen atoms in total. The number of carbonyl (C=O) groups is 11. The molecule has 0 bridgehead atoms. The van der Waals surface area contributed by atoms with Crippen molar-refractivity contribution in [3.05, 3.63) is 0 Å². The van der Waals surface area contributed by atoms with Crippen LogP contribution < -0.4 is 122 Å². The SMILES string of the molecule is CC[C@H](C)[C@H](NC(=O)[C@H](CCCN=C(N)N)NC(=O)[C@H](CCCCN)NC(=O)[C@H](CCCCN)NC(=O)[C@H](CCCN=C(N)N)NC(=O)[C@H](CCCN=C(N)N)NC(=O)[C@H](CCCN=C(N)N)NC(=O)[C@H](C)NC(=O)[C@H](CCCN=C(N)N)NC(=O)[C@@H]1CCCN1C(=O)[C@@H](N)[C@@H](C)O)C(=O)O. The molecule has 0 spiro atoms. The first-order valence-electron chi connectivity index (χ1n) is 34.1. The number of nitrogens with two attached hydrogens (primary N) is 13. The summed E-state index contributed by atoms with van der Waals surface area (Å²) < 4.78 is 0. The van der Waals surface area contributed by atoms with E-state index in [2.05, 4.69) is 72.8 Å². The van der Waals surface area contributed by atoms with E-state index in [0.717, 1.165) is 0 Å². The number of amides is 10. The van der Waals surface area contributed by atoms with Gasteiger partial charge in [-0.3, -0.25) is 72.9 Å². The lowest BCUT2D eigenvalue weighted by Gasteiger charge is -2.29. The first-order valence-corrected chi connectivity index (χ1v) is 34.1. The number of carboxylic acid groups (broad SMARTS) is 1. The molecule has 0 saturated carbocycles. The van der Waals surface area contributed by atoms with Gasteiger partial charge in [-0.1, -0.05) is 20.3 Å². The molecule has 10 amide bonds. The Labute approximate surface area is 588 Å². The van der Waals surface area contributed by atoms with Gasteiger partial charge in [0.05, 0.1) is 6.10 Å². The fourth-order valence-corrected chi connectivity index (χ4v) is 10.3. The summed E-state index contributed by atoms with van der Waals surface area (Å²) in [6, 6.07) is -15.1. The minimum Gasteiger partial charge on any atom is -0.480 e. The fraction of sp³-hybridized carbons (Fsp3) is 0.733. The van der Waals surface area contributed by atoms with E-state index in [9.17, 15) is 63.0 Å². The third-order valence-electron chi connectivity index (χ3n) is 16.2. The molecule has 101 heavy (non-hydrogen) atoms. The number of aliphatic imine (C=N–C) groups is 5. The van der Waals surface area contributed by atoms with Gasteiger partial charge in [0, 0.05) is 39.3 Å². The lowest BCUT2D eigenvalue weighted by atomic mass is 9.98. The predicted octanol–water partition coefficient (Wildman–Crippen LogP) is -9.27. The first kappa shape index (κ1) is 89.4. The van der Waals surface area contributed by atoms with E-state index in [1.807, 2.05) is 0 Å². The van der Waals surface area contributed by atoms with Crippen LogP contribution in [0.25, 0.3) is 0 Å². The zero-order chi connectivity index (χ0) is 76.3. The number of guanidine groups is 5. The van der Waals surface area contributed by atoms with E-state index in [1.165, 1.54) is 18.7 Å². The molecule has 0 aromatic carbocycles. The van der Waals surface area contributed by atoms with Crippen LogP contribution in [-0.4, -0.2) is 235 Å². The van der Waals surface area contributed by atoms with Gasteiger partial charge in [0.15, 0.2) is 29.8 Å². The molecule has 0 aromatic rings. The molecule has 1 saturated heterocycles. The van der Waals surface area contributed by atoms with Crippen molar-refractivity contribution < 1.29 is 63.0 Å². The summed E-state index contributed by atoms with van der Waals surface area (Å²) in [5, 5.41) is 43.7. The number of nitrogens with one attached hydrogen (secondary N) is 9. The summed E-state index contributed by atoms with van der Waals surface area (Å²) in [5.41, 5.74) is 73.1. The summed E-state index contributed by atoms with van der Waals surface area (Å²) in [4.78, 5) is 175. The van der Waals surface area contributed by atoms with Crippen LogP contribution in [-0.2, 0) is 52.7 Å². The van der Waals surface area contributed by atoms with Crippen molar-refractivity contribution in [1.29, 1.82) is 0 Å². The second kappa shape index (κ2) is 49.0. The monoisotopic (exact) mass is 1440 g/mol. The topological polar surface area (TPSA) is 740 Å². The number of hydrogen-bond acceptors (Lipinski definition) is 20. The Balaban J connectivity index is 3.82. The van der Waals surface area contributed by atoms with Crippen molar-refractivity contribution in [1.82, 2.24) is 52.8 Å². The quantitative estimate of drug-likeness (QED) is 0.0153. The Morgan fingerprint density at radius 1 is 0.426 bits per heavy atom. The molecule has 574 valence electrons. The van der Waals surface area contributed by atoms with E-state index in [0.29, 0.717) is 32.1 Å². The Morgan fingerprint density at radius 3 is 1.00 bits per heavy atom. The number of nitrogens with zero attached hydrogens (tertiary/aromatic N) is 6. The van der Waals surface area contributed by atoms with Gasteiger partial charge in [-0.05, 0) is 148 Å². The molecule has 1 aliphatic heterocycles. The Hall–Kier alpha value is -9.64. The minimum atomic E-state index is -1.52. The van der Waals surface area contributed by atoms with Crippen molar-refractivity contribution in [2.75, 3.05) is 52.4 Å². The number of aliphatic hydroxyl groups excluding tert-OH is 1. The number of hydrogen-bond donors (Lipinski definition) is 24. The molecular weight excluding hydrogens is 1320 g/mol. The summed E-state index contributed by atoms with van der Waals surface area (Å²) >= 11 is 0. The zero-order valence-corrected chi connectivity index (χ0v) is 58.7. The average molecular weight is 1440 g/mol. The van der Waals surface area contributed by atoms with E-state index in [4.69, 9.17) is 74.5 Å². The highest BCUT2D eigenvalue weighted by atomic mass is 16.4. The van der Waals surface area contributed by atoms with Crippen LogP contribution in [0.4, 0.5) is 0 Å². The molecule has 1 fully saturated rings. The van der Waals surface area contributed by atoms with Gasteiger partial charge in [-0.25, -0.2) is 4.79 Å². The molecule has 1 rings (SSSR count). The highest BCUT2D eigenvalue weighted by Crippen LogP contribution is 2.20. The van der Waals surface area contributed by atoms with E-state index >= 15 is 0 Å². The van der Waals surface area contributed by atoms with Gasteiger partial charge in [-0.15, -0.1) is 0 Å². The van der Waals surface area contributed by atoms with Crippen molar-refractivity contribution in [3.63, 3.8) is 0 Å². The van der Waals surface area contributed by atoms with Gasteiger partial charge >= 0.3 is 5.97 Å². The van der Waals surface area contributed by atoms with Crippen LogP contribution in [0.2, 0.25) is 0 Å². The fourth-order valence-electron chi connectivity index (χ4n) is 10.3. The summed E-state index contributed by atoms with van der Waals surface area (Å²) in [5.74, 6) is -11.6. The Kier molecular flexibility index (Phi) is 43.3. The molecule has 13 atom stereocenters. The third kappa shape index (κ3) is 36.3. The number of carboxylic acids is 1. The van der Waals surface area contributed by atoms with Crippen molar-refractivity contribution in [2.45, 2.75) is 222 Å². The van der Waals surface area contributed by atoms with Crippen LogP contribution in [0.1, 0.15) is 150 Å². The molecule has 0 aromatic heterocycles. The Morgan fingerprint density at radius 2 is 0.713 bits per heavy atom. The number of likely N-dealkylation sites (tertiary alicyclic amines) is 1. The smallest absolute Gasteiger partial charge is 0.326 e. The number of rotatable bonds is 51. The maximum atomic E-state index is 14.8. The molecule has 1 aliphatic rings. The first-order chi connectivity index (χ1) is 47.7. The Bertz CT molecular complexity index is 2810. The van der Waals surface area contributed by atoms with Crippen molar-refractivity contribution >= 4 is 94.8 Å². The van der Waals surface area contributed by atoms with Gasteiger partial charge in [0.1, 0.15) is 66.5 Å². The number of aliphatic carboxylic acids is 1. The maximum absolute atomic E-state index is 14.8. The van der Waals surface area contributed by atoms with Gasteiger partial charge in [0.25, 0.3) is 0 Å². The number of aliphatic hydroxyl groups is 1. The van der Waals surface area contributed by atoms with Gasteiger partial charge in [-0.2, -0.15) is 0 Å². The van der Waals surface area contributed by atoms with Gasteiger partial charge < -0.3 is 138 Å². The highest BCUT2D eigenvalue weighted by molar-refractivity contribution is 5.99. The largest absolute Gasteiger partial charge is 0.480 e. The van der Waals surface area contributed by atoms with E-state index in [-0.39, 0.29) is 172 Å². The molecular formula is C60H116N28O13. The standard InChI is InChI=1S/C60H116N28O13/c1-5-32(2)44(55(100)101)87-52(97)41(22-14-30-78-60(72)73)85-48(93)36(17-7-9-25-62)81-47(92)35(16-6-8-24-61)82-50(95)39(20-12-28-76-58(68)69)84-51(96)40(21-13-29-77-59(70)71)83-49(94)38(19-11-27-75-57(66)67)80-45(90)33(3)79-46(91)37(18-10-26-74-56(64)65)86-53(98)42-23-15-31-88(42)54(99)43(63)34(4)89/h32-44,89H,5-31,61-63H2,1-4H3,(H,79,91)(H,80,90)(H,81,92)(H,82,95)(H,83,94)(H,84,96)(H,85,93)(H,86,98)(H,87,97)(H,100,101)(H4,64,65,74)(H4,66,67,75)(H4,68,69,76)(H4,70,71,77)(H4,72,73,78)/t32-,33-,34+,35-,36-,37-,38-,39-,40-,41-,42-,43-,44-/m0/s1. The van der Waals surface area contributed by atoms with Crippen molar-refractivity contribution in [2.24, 2.45) is 105 Å². The van der Waals surface area contributed by atoms with Gasteiger partial charge in [0.2, 0.25) is 59.1 Å². The van der Waals surface area contributed by atoms with Crippen LogP contribution in [0.15, 0.2) is 25.0 Å². The molecule has 1 heterocycles. The molecule has 37 N–H and O–H groups in total. The summed E-state index contributed by atoms with van der Waals surface area (Å²) in [7, 11) is 0. The van der Waals surface area contributed by atoms with E-state index < -0.39 is 144 Å². The van der Waals surface area contributed by atoms with Crippen molar-refractivity contribution in [3.8, 4) is 0 Å². The summed E-state index contributed by atoms with van der Waals surface area (Å²) in [6.07, 6.45) is 0.908. The molecule has 0 aliphatic carbocycles. The van der Waals surface area contributed by atoms with Crippen LogP contribution >= 0.6 is 0 Å². The molecule has 41 heteroatoms. The van der Waals surface area contributed by atoms with E-state index in [1.54, 1.807) is 13.8 Å². The normalized spacial score (nSPS) is 16.0. The second-order valence-corrected chi connectivity index (χ2v) is 24.6. The zero-order valence-electron chi connectivity index (χ0n) is 58.7. The molecule has 0 unspecified atom stereocenters. The van der Waals surface area contributed by atoms with Crippen LogP contribution in [0, 0.1) is 5.92 Å². The second-order valence-electron chi connectivity index (χ2n) is 24.6. The van der Waals surface area contributed by atoms with Crippen LogP contribution in [0.5, 0.6) is 0 Å². The third-order valence-corrected chi connectivity index (χ3v) is 16.2. The lowest BCUT2D eigenvalue weighted by molar-refractivity contribution is -0.144. The lowest BCUT2D eigenvalue weighted by Crippen LogP contribution is -2.60. The predicted molar refractivity (Wildman–Crippen MR) is 380 cm³/mol. The number of carbonyl (C=O) groups excluding carboxylic acids is 10. The maximum Gasteiger partial charge on any atom is 0.326 e. The van der Waals surface area contributed by atoms with Crippen LogP contribution in [0.3, 0.4) is 0 Å². The molecule has 0 radical (unpaired) electrons.